The number of benzene rings is 3. The fourth-order valence-corrected chi connectivity index (χ4v) is 3.25. The maximum Gasteiger partial charge on any atom is 0.150 e. The van der Waals surface area contributed by atoms with Gasteiger partial charge in [0.15, 0.2) is 0 Å². The van der Waals surface area contributed by atoms with Crippen molar-refractivity contribution in [3.8, 4) is 5.75 Å². The van der Waals surface area contributed by atoms with E-state index in [1.54, 1.807) is 0 Å². The molecular weight excluding hydrogens is 330 g/mol. The van der Waals surface area contributed by atoms with E-state index in [4.69, 9.17) is 16.3 Å². The van der Waals surface area contributed by atoms with Gasteiger partial charge >= 0.3 is 0 Å². The Morgan fingerprint density at radius 3 is 2.56 bits per heavy atom. The van der Waals surface area contributed by atoms with Crippen molar-refractivity contribution in [2.45, 2.75) is 6.54 Å². The average Bonchev–Trinajstić information content (AvgIpc) is 2.63. The Morgan fingerprint density at radius 1 is 0.920 bits per heavy atom. The second-order valence-corrected chi connectivity index (χ2v) is 6.51. The highest BCUT2D eigenvalue weighted by atomic mass is 35.5. The molecule has 0 unspecified atom stereocenters. The molecule has 0 fully saturated rings. The predicted molar refractivity (Wildman–Crippen MR) is 104 cm³/mol. The van der Waals surface area contributed by atoms with Crippen LogP contribution in [0.25, 0.3) is 6.08 Å². The van der Waals surface area contributed by atoms with E-state index in [1.807, 2.05) is 48.5 Å². The van der Waals surface area contributed by atoms with Crippen LogP contribution in [0, 0.1) is 0 Å². The van der Waals surface area contributed by atoms with E-state index in [-0.39, 0.29) is 0 Å². The van der Waals surface area contributed by atoms with Crippen LogP contribution in [-0.2, 0) is 6.54 Å². The fourth-order valence-electron chi connectivity index (χ4n) is 3.05. The van der Waals surface area contributed by atoms with Crippen LogP contribution in [0.3, 0.4) is 0 Å². The molecule has 3 heteroatoms. The zero-order valence-electron chi connectivity index (χ0n) is 13.7. The minimum absolute atomic E-state index is 0.721. The van der Waals surface area contributed by atoms with Gasteiger partial charge in [-0.3, -0.25) is 0 Å². The van der Waals surface area contributed by atoms with E-state index in [9.17, 15) is 0 Å². The monoisotopic (exact) mass is 347 g/mol. The molecule has 0 saturated carbocycles. The topological polar surface area (TPSA) is 12.5 Å². The first-order valence-electron chi connectivity index (χ1n) is 8.30. The van der Waals surface area contributed by atoms with Crippen molar-refractivity contribution in [1.29, 1.82) is 0 Å². The Morgan fingerprint density at radius 2 is 1.72 bits per heavy atom. The molecule has 25 heavy (non-hydrogen) atoms. The molecule has 0 bridgehead atoms. The largest absolute Gasteiger partial charge is 0.458 e. The fraction of sp³-hybridized carbons (Fsp3) is 0.0909. The zero-order valence-corrected chi connectivity index (χ0v) is 14.5. The number of para-hydroxylation sites is 2. The van der Waals surface area contributed by atoms with E-state index in [0.29, 0.717) is 0 Å². The minimum atomic E-state index is 0.721. The molecule has 0 N–H and O–H groups in total. The molecule has 0 radical (unpaired) electrons. The Kier molecular flexibility index (Phi) is 4.45. The molecule has 0 aromatic heterocycles. The third-order valence-electron chi connectivity index (χ3n) is 4.19. The zero-order chi connectivity index (χ0) is 17.1. The van der Waals surface area contributed by atoms with Crippen LogP contribution in [-0.4, -0.2) is 6.54 Å². The number of ether oxygens (including phenoxy) is 1. The lowest BCUT2D eigenvalue weighted by atomic mass is 10.1. The number of fused-ring (bicyclic) bond motifs is 1. The molecule has 0 atom stereocenters. The first-order chi connectivity index (χ1) is 12.3. The molecule has 0 saturated heterocycles. The van der Waals surface area contributed by atoms with Gasteiger partial charge in [0.1, 0.15) is 11.5 Å². The van der Waals surface area contributed by atoms with Crippen LogP contribution < -0.4 is 9.64 Å². The summed E-state index contributed by atoms with van der Waals surface area (Å²) in [5.74, 6) is 1.80. The highest BCUT2D eigenvalue weighted by Gasteiger charge is 2.21. The van der Waals surface area contributed by atoms with Crippen molar-refractivity contribution in [2.75, 3.05) is 11.4 Å². The number of nitrogens with zero attached hydrogens (tertiary/aromatic N) is 1. The number of hydrogen-bond donors (Lipinski definition) is 0. The van der Waals surface area contributed by atoms with Crippen LogP contribution in [0.2, 0.25) is 5.02 Å². The second kappa shape index (κ2) is 7.04. The lowest BCUT2D eigenvalue weighted by molar-refractivity contribution is 0.399. The lowest BCUT2D eigenvalue weighted by Gasteiger charge is -2.32. The van der Waals surface area contributed by atoms with E-state index >= 15 is 0 Å². The van der Waals surface area contributed by atoms with E-state index in [2.05, 4.69) is 41.3 Å². The van der Waals surface area contributed by atoms with Gasteiger partial charge in [-0.2, -0.15) is 0 Å². The van der Waals surface area contributed by atoms with Crippen molar-refractivity contribution < 1.29 is 4.74 Å². The second-order valence-electron chi connectivity index (χ2n) is 6.08. The maximum absolute atomic E-state index is 6.12. The summed E-state index contributed by atoms with van der Waals surface area (Å²) in [5, 5.41) is 0.728. The molecular formula is C22H18ClNO. The summed E-state index contributed by atoms with van der Waals surface area (Å²) in [6.45, 7) is 1.56. The van der Waals surface area contributed by atoms with Crippen molar-refractivity contribution in [2.24, 2.45) is 0 Å². The quantitative estimate of drug-likeness (QED) is 0.595. The van der Waals surface area contributed by atoms with Crippen molar-refractivity contribution in [3.05, 3.63) is 101 Å². The molecule has 3 aromatic carbocycles. The summed E-state index contributed by atoms with van der Waals surface area (Å²) in [7, 11) is 0. The Bertz CT molecular complexity index is 905. The summed E-state index contributed by atoms with van der Waals surface area (Å²) in [4.78, 5) is 2.34. The summed E-state index contributed by atoms with van der Waals surface area (Å²) in [6, 6.07) is 26.5. The summed E-state index contributed by atoms with van der Waals surface area (Å²) >= 11 is 6.10. The predicted octanol–water partition coefficient (Wildman–Crippen LogP) is 5.78. The van der Waals surface area contributed by atoms with Gasteiger partial charge in [-0.25, -0.2) is 0 Å². The minimum Gasteiger partial charge on any atom is -0.458 e. The SMILES string of the molecule is Clc1cccc(/C=C2/CN(Cc3ccccc3)c3ccccc3O2)c1. The van der Waals surface area contributed by atoms with Crippen molar-refractivity contribution >= 4 is 23.4 Å². The smallest absolute Gasteiger partial charge is 0.150 e. The standard InChI is InChI=1S/C22H18ClNO/c23-19-10-6-9-18(13-19)14-20-16-24(15-17-7-2-1-3-8-17)21-11-4-5-12-22(21)25-20/h1-14H,15-16H2/b20-14-. The van der Waals surface area contributed by atoms with Gasteiger partial charge in [-0.1, -0.05) is 66.2 Å². The molecule has 3 aromatic rings. The molecule has 1 aliphatic rings. The summed E-state index contributed by atoms with van der Waals surface area (Å²) in [5.41, 5.74) is 3.44. The third kappa shape index (κ3) is 3.70. The molecule has 1 aliphatic heterocycles. The van der Waals surface area contributed by atoms with Gasteiger partial charge in [0.05, 0.1) is 12.2 Å². The van der Waals surface area contributed by atoms with Gasteiger partial charge in [0.25, 0.3) is 0 Å². The van der Waals surface area contributed by atoms with Crippen LogP contribution in [0.1, 0.15) is 11.1 Å². The highest BCUT2D eigenvalue weighted by Crippen LogP contribution is 2.35. The molecule has 0 amide bonds. The Labute approximate surface area is 152 Å². The van der Waals surface area contributed by atoms with Gasteiger partial charge in [-0.05, 0) is 41.5 Å². The van der Waals surface area contributed by atoms with Crippen LogP contribution in [0.4, 0.5) is 5.69 Å². The Balaban J connectivity index is 1.66. The number of hydrogen-bond acceptors (Lipinski definition) is 2. The normalized spacial score (nSPS) is 14.9. The third-order valence-corrected chi connectivity index (χ3v) is 4.42. The molecule has 1 heterocycles. The van der Waals surface area contributed by atoms with E-state index in [0.717, 1.165) is 40.9 Å². The summed E-state index contributed by atoms with van der Waals surface area (Å²) in [6.07, 6.45) is 2.06. The first kappa shape index (κ1) is 15.8. The van der Waals surface area contributed by atoms with Crippen LogP contribution in [0.15, 0.2) is 84.6 Å². The highest BCUT2D eigenvalue weighted by molar-refractivity contribution is 6.30. The molecule has 0 spiro atoms. The number of anilines is 1. The lowest BCUT2D eigenvalue weighted by Crippen LogP contribution is -2.30. The molecule has 0 aliphatic carbocycles. The van der Waals surface area contributed by atoms with Gasteiger partial charge in [0, 0.05) is 11.6 Å². The van der Waals surface area contributed by atoms with Gasteiger partial charge in [0.2, 0.25) is 0 Å². The number of halogens is 1. The van der Waals surface area contributed by atoms with E-state index < -0.39 is 0 Å². The summed E-state index contributed by atoms with van der Waals surface area (Å²) < 4.78 is 6.12. The van der Waals surface area contributed by atoms with Crippen LogP contribution in [0.5, 0.6) is 5.75 Å². The van der Waals surface area contributed by atoms with E-state index in [1.165, 1.54) is 5.56 Å². The number of rotatable bonds is 3. The maximum atomic E-state index is 6.12. The van der Waals surface area contributed by atoms with Gasteiger partial charge in [-0.15, -0.1) is 0 Å². The van der Waals surface area contributed by atoms with Gasteiger partial charge < -0.3 is 9.64 Å². The average molecular weight is 348 g/mol. The Hall–Kier alpha value is -2.71. The molecule has 4 rings (SSSR count). The molecule has 2 nitrogen and oxygen atoms in total. The first-order valence-corrected chi connectivity index (χ1v) is 8.68. The van der Waals surface area contributed by atoms with Crippen molar-refractivity contribution in [3.63, 3.8) is 0 Å². The molecule has 124 valence electrons. The van der Waals surface area contributed by atoms with Crippen LogP contribution >= 0.6 is 11.6 Å². The van der Waals surface area contributed by atoms with Crippen molar-refractivity contribution in [1.82, 2.24) is 0 Å².